The summed E-state index contributed by atoms with van der Waals surface area (Å²) in [7, 11) is 0. The van der Waals surface area contributed by atoms with E-state index in [2.05, 4.69) is 15.5 Å². The maximum absolute atomic E-state index is 14.1. The molecule has 0 saturated carbocycles. The van der Waals surface area contributed by atoms with Crippen molar-refractivity contribution >= 4 is 40.0 Å². The van der Waals surface area contributed by atoms with Crippen LogP contribution in [-0.2, 0) is 0 Å². The Morgan fingerprint density at radius 1 is 1.36 bits per heavy atom. The molecule has 0 fully saturated rings. The van der Waals surface area contributed by atoms with Crippen LogP contribution in [0.5, 0.6) is 0 Å². The first-order chi connectivity index (χ1) is 10.6. The Labute approximate surface area is 129 Å². The lowest BCUT2D eigenvalue weighted by atomic mass is 10.1. The van der Waals surface area contributed by atoms with Crippen molar-refractivity contribution in [1.29, 1.82) is 0 Å². The van der Waals surface area contributed by atoms with Gasteiger partial charge in [-0.1, -0.05) is 0 Å². The van der Waals surface area contributed by atoms with Crippen molar-refractivity contribution in [2.24, 2.45) is 0 Å². The Hall–Kier alpha value is -2.54. The number of carboxylic acids is 1. The van der Waals surface area contributed by atoms with E-state index in [0.717, 1.165) is 4.90 Å². The number of carbonyl (C=O) groups is 1. The molecule has 0 amide bonds. The number of hydrogen-bond donors (Lipinski definition) is 3. The monoisotopic (exact) mass is 317 g/mol. The molecule has 0 bridgehead atoms. The molecule has 5 nitrogen and oxygen atoms in total. The predicted molar refractivity (Wildman–Crippen MR) is 84.5 cm³/mol. The molecule has 0 spiro atoms. The number of hydrogen-bond acceptors (Lipinski definition) is 4. The van der Waals surface area contributed by atoms with Gasteiger partial charge in [-0.2, -0.15) is 5.10 Å². The van der Waals surface area contributed by atoms with Crippen molar-refractivity contribution in [3.63, 3.8) is 0 Å². The van der Waals surface area contributed by atoms with Gasteiger partial charge in [-0.05, 0) is 36.6 Å². The first-order valence-corrected chi connectivity index (χ1v) is 7.62. The minimum atomic E-state index is -1.09. The molecule has 112 valence electrons. The Morgan fingerprint density at radius 2 is 2.18 bits per heavy atom. The fraction of sp³-hybridized carbons (Fsp3) is 0.0667. The third-order valence-corrected chi connectivity index (χ3v) is 4.02. The molecule has 0 unspecified atom stereocenters. The summed E-state index contributed by atoms with van der Waals surface area (Å²) in [6, 6.07) is 7.85. The number of aromatic amines is 1. The van der Waals surface area contributed by atoms with E-state index in [1.807, 2.05) is 6.26 Å². The number of H-pyrrole nitrogens is 1. The van der Waals surface area contributed by atoms with E-state index in [-0.39, 0.29) is 11.3 Å². The molecule has 3 N–H and O–H groups in total. The number of aromatic carboxylic acids is 1. The van der Waals surface area contributed by atoms with Gasteiger partial charge in [0, 0.05) is 10.3 Å². The van der Waals surface area contributed by atoms with Crippen LogP contribution >= 0.6 is 11.8 Å². The Bertz CT molecular complexity index is 863. The summed E-state index contributed by atoms with van der Waals surface area (Å²) in [5, 5.41) is 19.5. The smallest absolute Gasteiger partial charge is 0.337 e. The molecular formula is C15H12FN3O2S. The highest BCUT2D eigenvalue weighted by Crippen LogP contribution is 2.31. The summed E-state index contributed by atoms with van der Waals surface area (Å²) in [6.07, 6.45) is 3.37. The van der Waals surface area contributed by atoms with E-state index >= 15 is 0 Å². The summed E-state index contributed by atoms with van der Waals surface area (Å²) >= 11 is 1.43. The van der Waals surface area contributed by atoms with Crippen LogP contribution in [-0.4, -0.2) is 27.5 Å². The van der Waals surface area contributed by atoms with Gasteiger partial charge < -0.3 is 10.4 Å². The molecule has 0 aliphatic carbocycles. The summed E-state index contributed by atoms with van der Waals surface area (Å²) in [5.41, 5.74) is 1.26. The Balaban J connectivity index is 2.11. The predicted octanol–water partition coefficient (Wildman–Crippen LogP) is 3.87. The van der Waals surface area contributed by atoms with Crippen LogP contribution < -0.4 is 5.32 Å². The fourth-order valence-corrected chi connectivity index (χ4v) is 2.61. The highest BCUT2D eigenvalue weighted by molar-refractivity contribution is 7.98. The van der Waals surface area contributed by atoms with Crippen molar-refractivity contribution in [3.8, 4) is 0 Å². The normalized spacial score (nSPS) is 10.8. The van der Waals surface area contributed by atoms with Crippen LogP contribution in [0.2, 0.25) is 0 Å². The molecule has 3 aromatic rings. The number of halogens is 1. The van der Waals surface area contributed by atoms with E-state index < -0.39 is 11.8 Å². The molecule has 22 heavy (non-hydrogen) atoms. The van der Waals surface area contributed by atoms with Crippen LogP contribution in [0.3, 0.4) is 0 Å². The van der Waals surface area contributed by atoms with E-state index in [4.69, 9.17) is 0 Å². The lowest BCUT2D eigenvalue weighted by Crippen LogP contribution is -2.04. The zero-order chi connectivity index (χ0) is 15.7. The van der Waals surface area contributed by atoms with Gasteiger partial charge in [0.1, 0.15) is 5.82 Å². The minimum Gasteiger partial charge on any atom is -0.478 e. The van der Waals surface area contributed by atoms with Crippen LogP contribution in [0, 0.1) is 5.82 Å². The second kappa shape index (κ2) is 5.69. The van der Waals surface area contributed by atoms with Crippen molar-refractivity contribution in [1.82, 2.24) is 10.2 Å². The van der Waals surface area contributed by atoms with Gasteiger partial charge in [-0.3, -0.25) is 5.10 Å². The van der Waals surface area contributed by atoms with Gasteiger partial charge in [-0.25, -0.2) is 9.18 Å². The Morgan fingerprint density at radius 3 is 2.86 bits per heavy atom. The summed E-state index contributed by atoms with van der Waals surface area (Å²) < 4.78 is 14.1. The standard InChI is InChI=1S/C15H12FN3O2S/c1-22-8-2-4-13(11(16)6-8)18-14-9(15(20)21)3-5-12-10(14)7-17-19-12/h2-7,18H,1H3,(H,17,19)(H,20,21). The summed E-state index contributed by atoms with van der Waals surface area (Å²) in [5.74, 6) is -1.53. The lowest BCUT2D eigenvalue weighted by molar-refractivity contribution is 0.0698. The fourth-order valence-electron chi connectivity index (χ4n) is 2.19. The largest absolute Gasteiger partial charge is 0.478 e. The van der Waals surface area contributed by atoms with Crippen LogP contribution in [0.15, 0.2) is 41.4 Å². The number of thioether (sulfide) groups is 1. The third kappa shape index (κ3) is 2.50. The molecule has 2 aromatic carbocycles. The quantitative estimate of drug-likeness (QED) is 0.637. The van der Waals surface area contributed by atoms with Crippen LogP contribution in [0.25, 0.3) is 10.9 Å². The number of aromatic nitrogens is 2. The molecule has 1 aromatic heterocycles. The number of carboxylic acid groups (broad SMARTS) is 1. The molecule has 0 aliphatic heterocycles. The first kappa shape index (κ1) is 14.4. The highest BCUT2D eigenvalue weighted by atomic mass is 32.2. The molecule has 0 atom stereocenters. The SMILES string of the molecule is CSc1ccc(Nc2c(C(=O)O)ccc3[nH]ncc23)c(F)c1. The molecule has 0 radical (unpaired) electrons. The van der Waals surface area contributed by atoms with Gasteiger partial charge >= 0.3 is 5.97 Å². The number of nitrogens with one attached hydrogen (secondary N) is 2. The van der Waals surface area contributed by atoms with E-state index in [1.165, 1.54) is 30.1 Å². The first-order valence-electron chi connectivity index (χ1n) is 6.40. The van der Waals surface area contributed by atoms with Crippen LogP contribution in [0.4, 0.5) is 15.8 Å². The number of rotatable bonds is 4. The number of fused-ring (bicyclic) bond motifs is 1. The van der Waals surface area contributed by atoms with Gasteiger partial charge in [0.2, 0.25) is 0 Å². The van der Waals surface area contributed by atoms with E-state index in [0.29, 0.717) is 16.6 Å². The maximum atomic E-state index is 14.1. The van der Waals surface area contributed by atoms with Crippen molar-refractivity contribution < 1.29 is 14.3 Å². The lowest BCUT2D eigenvalue weighted by Gasteiger charge is -2.12. The minimum absolute atomic E-state index is 0.0576. The zero-order valence-electron chi connectivity index (χ0n) is 11.6. The second-order valence-corrected chi connectivity index (χ2v) is 5.47. The van der Waals surface area contributed by atoms with Crippen molar-refractivity contribution in [2.75, 3.05) is 11.6 Å². The molecule has 3 rings (SSSR count). The molecule has 1 heterocycles. The second-order valence-electron chi connectivity index (χ2n) is 4.60. The van der Waals surface area contributed by atoms with Crippen molar-refractivity contribution in [3.05, 3.63) is 47.9 Å². The van der Waals surface area contributed by atoms with E-state index in [9.17, 15) is 14.3 Å². The summed E-state index contributed by atoms with van der Waals surface area (Å²) in [4.78, 5) is 12.2. The van der Waals surface area contributed by atoms with Gasteiger partial charge in [0.05, 0.1) is 28.7 Å². The molecule has 7 heteroatoms. The summed E-state index contributed by atoms with van der Waals surface area (Å²) in [6.45, 7) is 0. The average Bonchev–Trinajstić information content (AvgIpc) is 2.98. The van der Waals surface area contributed by atoms with Gasteiger partial charge in [0.25, 0.3) is 0 Å². The molecular weight excluding hydrogens is 305 g/mol. The van der Waals surface area contributed by atoms with Gasteiger partial charge in [-0.15, -0.1) is 11.8 Å². The van der Waals surface area contributed by atoms with Gasteiger partial charge in [0.15, 0.2) is 0 Å². The number of benzene rings is 2. The third-order valence-electron chi connectivity index (χ3n) is 3.29. The average molecular weight is 317 g/mol. The topological polar surface area (TPSA) is 78.0 Å². The number of nitrogens with zero attached hydrogens (tertiary/aromatic N) is 1. The number of anilines is 2. The zero-order valence-corrected chi connectivity index (χ0v) is 12.4. The maximum Gasteiger partial charge on any atom is 0.337 e. The van der Waals surface area contributed by atoms with E-state index in [1.54, 1.807) is 18.2 Å². The highest BCUT2D eigenvalue weighted by Gasteiger charge is 2.16. The van der Waals surface area contributed by atoms with Crippen molar-refractivity contribution in [2.45, 2.75) is 4.90 Å². The van der Waals surface area contributed by atoms with Crippen LogP contribution in [0.1, 0.15) is 10.4 Å². The molecule has 0 aliphatic rings. The Kier molecular flexibility index (Phi) is 3.72. The molecule has 0 saturated heterocycles.